The van der Waals surface area contributed by atoms with Crippen molar-refractivity contribution in [3.05, 3.63) is 72.3 Å². The van der Waals surface area contributed by atoms with E-state index in [0.29, 0.717) is 6.42 Å². The maximum absolute atomic E-state index is 12.4. The van der Waals surface area contributed by atoms with Gasteiger partial charge in [-0.25, -0.2) is 0 Å². The molecule has 0 fully saturated rings. The molecule has 3 aromatic rings. The summed E-state index contributed by atoms with van der Waals surface area (Å²) in [7, 11) is 0. The van der Waals surface area contributed by atoms with Gasteiger partial charge in [0.25, 0.3) is 0 Å². The van der Waals surface area contributed by atoms with Crippen LogP contribution in [0.15, 0.2) is 66.7 Å². The van der Waals surface area contributed by atoms with Crippen molar-refractivity contribution in [1.29, 1.82) is 0 Å². The minimum atomic E-state index is -0.0342. The van der Waals surface area contributed by atoms with E-state index in [9.17, 15) is 4.79 Å². The monoisotopic (exact) mass is 319 g/mol. The lowest BCUT2D eigenvalue weighted by Crippen LogP contribution is -2.14. The second kappa shape index (κ2) is 7.18. The summed E-state index contributed by atoms with van der Waals surface area (Å²) in [5.41, 5.74) is 1.78. The number of anilines is 1. The van der Waals surface area contributed by atoms with Crippen LogP contribution in [0.3, 0.4) is 0 Å². The summed E-state index contributed by atoms with van der Waals surface area (Å²) < 4.78 is 5.66. The fraction of sp³-hybridized carbons (Fsp3) is 0.190. The van der Waals surface area contributed by atoms with Gasteiger partial charge in [-0.2, -0.15) is 0 Å². The van der Waals surface area contributed by atoms with Crippen LogP contribution in [0.2, 0.25) is 0 Å². The van der Waals surface area contributed by atoms with E-state index in [-0.39, 0.29) is 12.0 Å². The average Bonchev–Trinajstić information content (AvgIpc) is 2.55. The van der Waals surface area contributed by atoms with Gasteiger partial charge in [-0.3, -0.25) is 4.79 Å². The first-order valence-corrected chi connectivity index (χ1v) is 8.15. The molecule has 3 nitrogen and oxygen atoms in total. The van der Waals surface area contributed by atoms with Crippen LogP contribution in [0, 0.1) is 0 Å². The molecular formula is C21H21NO2. The molecule has 0 saturated heterocycles. The third-order valence-corrected chi connectivity index (χ3v) is 3.72. The van der Waals surface area contributed by atoms with E-state index in [2.05, 4.69) is 23.5 Å². The Morgan fingerprint density at radius 2 is 1.75 bits per heavy atom. The second-order valence-electron chi connectivity index (χ2n) is 6.06. The molecule has 24 heavy (non-hydrogen) atoms. The first-order valence-electron chi connectivity index (χ1n) is 8.15. The lowest BCUT2D eigenvalue weighted by Gasteiger charge is -2.12. The zero-order valence-electron chi connectivity index (χ0n) is 14.0. The molecule has 3 rings (SSSR count). The smallest absolute Gasteiger partial charge is 0.228 e. The van der Waals surface area contributed by atoms with Crippen LogP contribution in [0.25, 0.3) is 10.8 Å². The highest BCUT2D eigenvalue weighted by atomic mass is 16.5. The van der Waals surface area contributed by atoms with E-state index in [0.717, 1.165) is 27.8 Å². The Morgan fingerprint density at radius 3 is 2.58 bits per heavy atom. The number of fused-ring (bicyclic) bond motifs is 1. The summed E-state index contributed by atoms with van der Waals surface area (Å²) in [5, 5.41) is 5.22. The van der Waals surface area contributed by atoms with Crippen LogP contribution in [-0.2, 0) is 11.2 Å². The van der Waals surface area contributed by atoms with E-state index in [1.165, 1.54) is 0 Å². The number of carbonyl (C=O) groups excluding carboxylic acids is 1. The summed E-state index contributed by atoms with van der Waals surface area (Å²) in [6, 6.07) is 21.6. The largest absolute Gasteiger partial charge is 0.491 e. The summed E-state index contributed by atoms with van der Waals surface area (Å²) in [4.78, 5) is 12.4. The normalized spacial score (nSPS) is 10.8. The number of rotatable bonds is 5. The predicted octanol–water partition coefficient (Wildman–Crippen LogP) is 4.81. The van der Waals surface area contributed by atoms with Crippen molar-refractivity contribution < 1.29 is 9.53 Å². The highest BCUT2D eigenvalue weighted by Crippen LogP contribution is 2.21. The van der Waals surface area contributed by atoms with Crippen LogP contribution in [0.4, 0.5) is 5.69 Å². The molecule has 0 bridgehead atoms. The molecule has 0 aliphatic heterocycles. The Bertz CT molecular complexity index is 850. The van der Waals surface area contributed by atoms with Crippen molar-refractivity contribution in [2.24, 2.45) is 0 Å². The molecule has 1 N–H and O–H groups in total. The Morgan fingerprint density at radius 1 is 1.00 bits per heavy atom. The molecule has 3 aromatic carbocycles. The molecule has 0 aromatic heterocycles. The topological polar surface area (TPSA) is 38.3 Å². The van der Waals surface area contributed by atoms with Gasteiger partial charge in [0.15, 0.2) is 0 Å². The molecular weight excluding hydrogens is 298 g/mol. The highest BCUT2D eigenvalue weighted by molar-refractivity contribution is 5.96. The lowest BCUT2D eigenvalue weighted by atomic mass is 10.0. The fourth-order valence-corrected chi connectivity index (χ4v) is 2.74. The third-order valence-electron chi connectivity index (χ3n) is 3.72. The minimum absolute atomic E-state index is 0.0342. The molecule has 0 aliphatic rings. The average molecular weight is 319 g/mol. The number of ether oxygens (including phenoxy) is 1. The molecule has 0 spiro atoms. The molecule has 0 heterocycles. The molecule has 122 valence electrons. The van der Waals surface area contributed by atoms with Crippen LogP contribution in [-0.4, -0.2) is 12.0 Å². The first kappa shape index (κ1) is 16.1. The number of benzene rings is 3. The minimum Gasteiger partial charge on any atom is -0.491 e. The molecule has 0 saturated carbocycles. The van der Waals surface area contributed by atoms with Gasteiger partial charge in [0.05, 0.1) is 12.5 Å². The molecule has 0 atom stereocenters. The van der Waals surface area contributed by atoms with Gasteiger partial charge in [0, 0.05) is 11.8 Å². The zero-order valence-corrected chi connectivity index (χ0v) is 14.0. The van der Waals surface area contributed by atoms with E-state index < -0.39 is 0 Å². The van der Waals surface area contributed by atoms with Crippen LogP contribution in [0.1, 0.15) is 19.4 Å². The van der Waals surface area contributed by atoms with Crippen molar-refractivity contribution in [2.45, 2.75) is 26.4 Å². The third kappa shape index (κ3) is 3.93. The Hall–Kier alpha value is -2.81. The van der Waals surface area contributed by atoms with Gasteiger partial charge < -0.3 is 10.1 Å². The summed E-state index contributed by atoms with van der Waals surface area (Å²) in [5.74, 6) is 0.723. The van der Waals surface area contributed by atoms with Gasteiger partial charge in [0.1, 0.15) is 5.75 Å². The molecule has 1 amide bonds. The Balaban J connectivity index is 1.73. The molecule has 0 radical (unpaired) electrons. The van der Waals surface area contributed by atoms with Crippen molar-refractivity contribution in [3.8, 4) is 5.75 Å². The van der Waals surface area contributed by atoms with E-state index in [4.69, 9.17) is 4.74 Å². The standard InChI is InChI=1S/C21H21NO2/c1-15(2)24-19-11-6-10-18(14-19)22-21(23)13-17-9-5-8-16-7-3-4-12-20(16)17/h3-12,14-15H,13H2,1-2H3,(H,22,23). The van der Waals surface area contributed by atoms with E-state index in [1.54, 1.807) is 0 Å². The summed E-state index contributed by atoms with van der Waals surface area (Å²) in [6.45, 7) is 3.96. The van der Waals surface area contributed by atoms with E-state index in [1.807, 2.05) is 62.4 Å². The quantitative estimate of drug-likeness (QED) is 0.733. The van der Waals surface area contributed by atoms with Gasteiger partial charge in [0.2, 0.25) is 5.91 Å². The maximum Gasteiger partial charge on any atom is 0.228 e. The van der Waals surface area contributed by atoms with E-state index >= 15 is 0 Å². The van der Waals surface area contributed by atoms with Crippen LogP contribution < -0.4 is 10.1 Å². The van der Waals surface area contributed by atoms with Crippen LogP contribution in [0.5, 0.6) is 5.75 Å². The van der Waals surface area contributed by atoms with Crippen molar-refractivity contribution in [3.63, 3.8) is 0 Å². The first-order chi connectivity index (χ1) is 11.6. The molecule has 0 aliphatic carbocycles. The number of carbonyl (C=O) groups is 1. The Labute approximate surface area is 142 Å². The SMILES string of the molecule is CC(C)Oc1cccc(NC(=O)Cc2cccc3ccccc23)c1. The number of nitrogens with one attached hydrogen (secondary N) is 1. The second-order valence-corrected chi connectivity index (χ2v) is 6.06. The number of hydrogen-bond acceptors (Lipinski definition) is 2. The van der Waals surface area contributed by atoms with Crippen molar-refractivity contribution in [2.75, 3.05) is 5.32 Å². The molecule has 3 heteroatoms. The highest BCUT2D eigenvalue weighted by Gasteiger charge is 2.08. The van der Waals surface area contributed by atoms with Crippen molar-refractivity contribution >= 4 is 22.4 Å². The van der Waals surface area contributed by atoms with Gasteiger partial charge in [-0.15, -0.1) is 0 Å². The van der Waals surface area contributed by atoms with Gasteiger partial charge >= 0.3 is 0 Å². The fourth-order valence-electron chi connectivity index (χ4n) is 2.74. The lowest BCUT2D eigenvalue weighted by molar-refractivity contribution is -0.115. The van der Waals surface area contributed by atoms with Gasteiger partial charge in [-0.1, -0.05) is 48.5 Å². The summed E-state index contributed by atoms with van der Waals surface area (Å²) >= 11 is 0. The van der Waals surface area contributed by atoms with Crippen molar-refractivity contribution in [1.82, 2.24) is 0 Å². The predicted molar refractivity (Wildman–Crippen MR) is 98.5 cm³/mol. The number of amides is 1. The van der Waals surface area contributed by atoms with Crippen LogP contribution >= 0.6 is 0 Å². The summed E-state index contributed by atoms with van der Waals surface area (Å²) in [6.07, 6.45) is 0.447. The number of hydrogen-bond donors (Lipinski definition) is 1. The zero-order chi connectivity index (χ0) is 16.9. The molecule has 0 unspecified atom stereocenters. The maximum atomic E-state index is 12.4. The van der Waals surface area contributed by atoms with Gasteiger partial charge in [-0.05, 0) is 42.3 Å². The Kier molecular flexibility index (Phi) is 4.80.